The van der Waals surface area contributed by atoms with Gasteiger partial charge in [0.25, 0.3) is 0 Å². The van der Waals surface area contributed by atoms with E-state index in [0.717, 1.165) is 22.4 Å². The second-order valence-corrected chi connectivity index (χ2v) is 7.14. The third-order valence-corrected chi connectivity index (χ3v) is 4.45. The van der Waals surface area contributed by atoms with Crippen LogP contribution in [0.5, 0.6) is 0 Å². The summed E-state index contributed by atoms with van der Waals surface area (Å²) in [7, 11) is 0. The van der Waals surface area contributed by atoms with Crippen LogP contribution in [0.3, 0.4) is 0 Å². The molecule has 0 spiro atoms. The van der Waals surface area contributed by atoms with Gasteiger partial charge in [0.05, 0.1) is 23.9 Å². The van der Waals surface area contributed by atoms with Crippen molar-refractivity contribution in [2.75, 3.05) is 18.6 Å². The van der Waals surface area contributed by atoms with Crippen LogP contribution in [0, 0.1) is 0 Å². The number of aliphatic hydroxyl groups excluding tert-OH is 1. The number of rotatable bonds is 9. The van der Waals surface area contributed by atoms with Gasteiger partial charge in [-0.15, -0.1) is 0 Å². The van der Waals surface area contributed by atoms with Gasteiger partial charge in [-0.2, -0.15) is 0 Å². The molecule has 1 aromatic heterocycles. The van der Waals surface area contributed by atoms with Crippen molar-refractivity contribution in [3.05, 3.63) is 84.1 Å². The van der Waals surface area contributed by atoms with E-state index >= 15 is 0 Å². The fraction of sp³-hybridized carbons (Fsp3) is 0.208. The smallest absolute Gasteiger partial charge is 0.407 e. The molecule has 1 amide bonds. The molecule has 3 rings (SSSR count). The first-order chi connectivity index (χ1) is 16.4. The molecule has 7 N–H and O–H groups in total. The predicted molar refractivity (Wildman–Crippen MR) is 126 cm³/mol. The van der Waals surface area contributed by atoms with Crippen molar-refractivity contribution in [3.8, 4) is 11.3 Å². The second-order valence-electron chi connectivity index (χ2n) is 7.14. The number of pyridine rings is 1. The van der Waals surface area contributed by atoms with Gasteiger partial charge in [-0.3, -0.25) is 20.5 Å². The van der Waals surface area contributed by atoms with Crippen LogP contribution in [0.15, 0.2) is 72.9 Å². The Morgan fingerprint density at radius 2 is 1.79 bits per heavy atom. The van der Waals surface area contributed by atoms with Gasteiger partial charge in [0.2, 0.25) is 0 Å². The molecule has 0 aliphatic rings. The summed E-state index contributed by atoms with van der Waals surface area (Å²) in [5.74, 6) is -0.821. The van der Waals surface area contributed by atoms with Crippen LogP contribution < -0.4 is 16.5 Å². The third kappa shape index (κ3) is 9.65. The molecule has 0 aliphatic heterocycles. The van der Waals surface area contributed by atoms with Crippen LogP contribution in [0.25, 0.3) is 11.3 Å². The van der Waals surface area contributed by atoms with Gasteiger partial charge in [-0.25, -0.2) is 4.79 Å². The van der Waals surface area contributed by atoms with Gasteiger partial charge >= 0.3 is 12.1 Å². The zero-order chi connectivity index (χ0) is 24.8. The molecule has 1 atom stereocenters. The molecule has 3 aromatic rings. The molecule has 10 heteroatoms. The highest BCUT2D eigenvalue weighted by Gasteiger charge is 2.06. The maximum Gasteiger partial charge on any atom is 0.407 e. The number of carboxylic acids is 1. The van der Waals surface area contributed by atoms with Crippen LogP contribution in [-0.4, -0.2) is 51.7 Å². The van der Waals surface area contributed by atoms with E-state index in [1.165, 1.54) is 0 Å². The van der Waals surface area contributed by atoms with E-state index in [4.69, 9.17) is 25.9 Å². The van der Waals surface area contributed by atoms with Crippen molar-refractivity contribution in [2.24, 2.45) is 5.73 Å². The highest BCUT2D eigenvalue weighted by Crippen LogP contribution is 2.17. The number of hydrogen-bond donors (Lipinski definition) is 6. The maximum absolute atomic E-state index is 11.2. The summed E-state index contributed by atoms with van der Waals surface area (Å²) in [6.07, 6.45) is 0.374. The van der Waals surface area contributed by atoms with Crippen LogP contribution in [0.2, 0.25) is 0 Å². The number of carbonyl (C=O) groups excluding carboxylic acids is 1. The zero-order valence-corrected chi connectivity index (χ0v) is 18.4. The summed E-state index contributed by atoms with van der Waals surface area (Å²) in [6, 6.07) is 19.8. The lowest BCUT2D eigenvalue weighted by Crippen LogP contribution is -2.36. The van der Waals surface area contributed by atoms with Crippen molar-refractivity contribution < 1.29 is 29.7 Å². The Labute approximate surface area is 197 Å². The number of aliphatic carboxylic acids is 1. The lowest BCUT2D eigenvalue weighted by Gasteiger charge is -2.10. The fourth-order valence-electron chi connectivity index (χ4n) is 2.71. The number of alkyl carbamates (subject to hydrolysis) is 1. The number of benzene rings is 2. The Balaban J connectivity index is 0.000000241. The van der Waals surface area contributed by atoms with E-state index in [-0.39, 0.29) is 26.1 Å². The van der Waals surface area contributed by atoms with Gasteiger partial charge < -0.3 is 26.0 Å². The van der Waals surface area contributed by atoms with Crippen LogP contribution >= 0.6 is 0 Å². The number of aromatic nitrogens is 1. The van der Waals surface area contributed by atoms with Gasteiger partial charge in [-0.05, 0) is 41.5 Å². The molecule has 1 heterocycles. The topological polar surface area (TPSA) is 167 Å². The molecule has 0 fully saturated rings. The molecule has 0 bridgehead atoms. The molecule has 0 saturated heterocycles. The van der Waals surface area contributed by atoms with Gasteiger partial charge in [0.15, 0.2) is 0 Å². The van der Waals surface area contributed by atoms with Crippen molar-refractivity contribution in [1.29, 1.82) is 0 Å². The average molecular weight is 469 g/mol. The minimum atomic E-state index is -0.821. The summed E-state index contributed by atoms with van der Waals surface area (Å²) in [4.78, 5) is 26.0. The molecular weight excluding hydrogens is 440 g/mol. The van der Waals surface area contributed by atoms with E-state index in [2.05, 4.69) is 10.3 Å². The number of nitrogens with one attached hydrogen (secondary N) is 2. The molecule has 2 aromatic carbocycles. The molecule has 0 radical (unpaired) electrons. The first-order valence-electron chi connectivity index (χ1n) is 10.4. The van der Waals surface area contributed by atoms with Crippen LogP contribution in [-0.2, 0) is 22.6 Å². The Kier molecular flexibility index (Phi) is 11.0. The van der Waals surface area contributed by atoms with E-state index in [9.17, 15) is 9.59 Å². The summed E-state index contributed by atoms with van der Waals surface area (Å²) < 4.78 is 4.91. The van der Waals surface area contributed by atoms with Crippen molar-refractivity contribution in [1.82, 2.24) is 10.3 Å². The molecule has 0 aliphatic carbocycles. The van der Waals surface area contributed by atoms with Gasteiger partial charge in [0.1, 0.15) is 6.61 Å². The number of ether oxygens (including phenoxy) is 1. The quantitative estimate of drug-likeness (QED) is 0.258. The van der Waals surface area contributed by atoms with Crippen LogP contribution in [0.4, 0.5) is 10.5 Å². The molecule has 1 unspecified atom stereocenters. The van der Waals surface area contributed by atoms with E-state index in [0.29, 0.717) is 5.69 Å². The standard InChI is InChI=1S/C13H11NO2.C11H17N3O4/c15-13(16)9-10-4-3-5-11(8-10)12-6-1-2-7-14-12;12-5-10(15)6-13-11(16)18-7-8-1-3-9(14-17)4-2-8/h1-8H,9H2,(H,15,16);1-4,10,14-15,17H,5-7,12H2,(H,13,16). The fourth-order valence-corrected chi connectivity index (χ4v) is 2.71. The maximum atomic E-state index is 11.2. The summed E-state index contributed by atoms with van der Waals surface area (Å²) in [5, 5.41) is 28.8. The minimum Gasteiger partial charge on any atom is -0.481 e. The number of carboxylic acid groups (broad SMARTS) is 1. The first kappa shape index (κ1) is 26.3. The van der Waals surface area contributed by atoms with Crippen molar-refractivity contribution in [3.63, 3.8) is 0 Å². The number of aliphatic hydroxyl groups is 1. The van der Waals surface area contributed by atoms with Crippen molar-refractivity contribution in [2.45, 2.75) is 19.1 Å². The van der Waals surface area contributed by atoms with Gasteiger partial charge in [-0.1, -0.05) is 36.4 Å². The summed E-state index contributed by atoms with van der Waals surface area (Å²) >= 11 is 0. The van der Waals surface area contributed by atoms with Crippen LogP contribution in [0.1, 0.15) is 11.1 Å². The van der Waals surface area contributed by atoms with Crippen molar-refractivity contribution >= 4 is 17.7 Å². The highest BCUT2D eigenvalue weighted by molar-refractivity contribution is 5.71. The number of anilines is 1. The van der Waals surface area contributed by atoms with Gasteiger partial charge in [0, 0.05) is 24.8 Å². The highest BCUT2D eigenvalue weighted by atomic mass is 16.5. The number of nitrogens with zero attached hydrogens (tertiary/aromatic N) is 1. The monoisotopic (exact) mass is 468 g/mol. The molecule has 34 heavy (non-hydrogen) atoms. The minimum absolute atomic E-state index is 0.0423. The Hall–Kier alpha value is -3.99. The lowest BCUT2D eigenvalue weighted by molar-refractivity contribution is -0.136. The number of carbonyl (C=O) groups is 2. The first-order valence-corrected chi connectivity index (χ1v) is 10.4. The second kappa shape index (κ2) is 14.2. The normalized spacial score (nSPS) is 10.9. The SMILES string of the molecule is NCC(O)CNC(=O)OCc1ccc(NO)cc1.O=C(O)Cc1cccc(-c2ccccn2)c1. The summed E-state index contributed by atoms with van der Waals surface area (Å²) in [6.45, 7) is 0.245. The zero-order valence-electron chi connectivity index (χ0n) is 18.4. The molecule has 180 valence electrons. The summed E-state index contributed by atoms with van der Waals surface area (Å²) in [5.41, 5.74) is 11.1. The Morgan fingerprint density at radius 1 is 1.03 bits per heavy atom. The lowest BCUT2D eigenvalue weighted by atomic mass is 10.1. The third-order valence-electron chi connectivity index (χ3n) is 4.45. The predicted octanol–water partition coefficient (Wildman–Crippen LogP) is 2.41. The number of nitrogens with two attached hydrogens (primary N) is 1. The largest absolute Gasteiger partial charge is 0.481 e. The Bertz CT molecular complexity index is 1030. The number of amides is 1. The molecule has 0 saturated carbocycles. The molecule has 10 nitrogen and oxygen atoms in total. The van der Waals surface area contributed by atoms with E-state index in [1.54, 1.807) is 36.5 Å². The average Bonchev–Trinajstić information content (AvgIpc) is 2.87. The number of hydrogen-bond acceptors (Lipinski definition) is 8. The molecular formula is C24H28N4O6. The van der Waals surface area contributed by atoms with E-state index in [1.807, 2.05) is 41.9 Å². The van der Waals surface area contributed by atoms with E-state index < -0.39 is 18.2 Å². The Morgan fingerprint density at radius 3 is 2.41 bits per heavy atom.